The average Bonchev–Trinajstić information content (AvgIpc) is 3.13. The zero-order valence-corrected chi connectivity index (χ0v) is 16.9. The van der Waals surface area contributed by atoms with Crippen LogP contribution in [-0.4, -0.2) is 51.9 Å². The Morgan fingerprint density at radius 1 is 1.38 bits per heavy atom. The summed E-state index contributed by atoms with van der Waals surface area (Å²) in [6, 6.07) is 3.69. The number of aromatic nitrogens is 1. The van der Waals surface area contributed by atoms with E-state index in [0.29, 0.717) is 47.2 Å². The van der Waals surface area contributed by atoms with Crippen LogP contribution in [0.15, 0.2) is 12.3 Å². The molecule has 0 spiro atoms. The maximum Gasteiger partial charge on any atom is 0.410 e. The molecule has 0 radical (unpaired) electrons. The number of hydrogen-bond donors (Lipinski definition) is 2. The van der Waals surface area contributed by atoms with Crippen molar-refractivity contribution in [1.82, 2.24) is 9.88 Å². The Morgan fingerprint density at radius 2 is 2.14 bits per heavy atom. The van der Waals surface area contributed by atoms with Gasteiger partial charge in [0.25, 0.3) is 0 Å². The van der Waals surface area contributed by atoms with Gasteiger partial charge in [-0.15, -0.1) is 0 Å². The van der Waals surface area contributed by atoms with Gasteiger partial charge in [-0.25, -0.2) is 9.78 Å². The van der Waals surface area contributed by atoms with Crippen LogP contribution in [0.3, 0.4) is 0 Å². The summed E-state index contributed by atoms with van der Waals surface area (Å²) in [7, 11) is 0. The van der Waals surface area contributed by atoms with Gasteiger partial charge in [0.15, 0.2) is 0 Å². The molecule has 6 atom stereocenters. The SMILES string of the molecule is N#Cc1cc(Cl)cnc1N[C@@H]1CCN(C(=O)OC2C3CC4C[C@H]2CC(O)(C4)C3)C1. The number of nitriles is 1. The van der Waals surface area contributed by atoms with Crippen molar-refractivity contribution >= 4 is 23.5 Å². The van der Waals surface area contributed by atoms with Gasteiger partial charge in [0.1, 0.15) is 18.0 Å². The number of nitrogens with one attached hydrogen (secondary N) is 1. The average molecular weight is 417 g/mol. The standard InChI is InChI=1S/C21H25ClN4O3/c22-16-5-15(9-23)19(24-10-16)25-17-1-2-26(11-17)20(27)29-18-13-3-12-4-14(18)8-21(28,6-12)7-13/h5,10,12-14,17-18,28H,1-4,6-8,11H2,(H,24,25)/t12?,13-,14?,17+,18?,21?/m0/s1. The third-order valence-corrected chi connectivity index (χ3v) is 7.36. The molecule has 4 saturated carbocycles. The number of likely N-dealkylation sites (tertiary alicyclic amines) is 1. The van der Waals surface area contributed by atoms with E-state index in [4.69, 9.17) is 16.3 Å². The normalized spacial score (nSPS) is 37.4. The van der Waals surface area contributed by atoms with E-state index in [9.17, 15) is 15.2 Å². The Balaban J connectivity index is 1.19. The second-order valence-corrected chi connectivity index (χ2v) is 9.72. The fraction of sp³-hybridized carbons (Fsp3) is 0.667. The molecule has 6 rings (SSSR count). The van der Waals surface area contributed by atoms with E-state index in [1.165, 1.54) is 6.20 Å². The lowest BCUT2D eigenvalue weighted by Crippen LogP contribution is -2.58. The maximum atomic E-state index is 12.8. The van der Waals surface area contributed by atoms with E-state index in [1.807, 2.05) is 0 Å². The Labute approximate surface area is 175 Å². The summed E-state index contributed by atoms with van der Waals surface area (Å²) in [4.78, 5) is 18.8. The molecule has 5 aliphatic rings. The Hall–Kier alpha value is -2.04. The first-order chi connectivity index (χ1) is 13.9. The summed E-state index contributed by atoms with van der Waals surface area (Å²) >= 11 is 5.90. The lowest BCUT2D eigenvalue weighted by atomic mass is 9.53. The van der Waals surface area contributed by atoms with Crippen molar-refractivity contribution in [2.24, 2.45) is 17.8 Å². The highest BCUT2D eigenvalue weighted by molar-refractivity contribution is 6.30. The molecule has 1 aliphatic heterocycles. The molecule has 1 saturated heterocycles. The van der Waals surface area contributed by atoms with Gasteiger partial charge < -0.3 is 20.1 Å². The second kappa shape index (κ2) is 7.03. The number of carbonyl (C=O) groups excluding carboxylic acids is 1. The summed E-state index contributed by atoms with van der Waals surface area (Å²) in [5, 5.41) is 23.6. The fourth-order valence-corrected chi connectivity index (χ4v) is 6.35. The summed E-state index contributed by atoms with van der Waals surface area (Å²) in [6.07, 6.45) is 6.54. The highest BCUT2D eigenvalue weighted by Crippen LogP contribution is 2.56. The van der Waals surface area contributed by atoms with Crippen LogP contribution in [0.1, 0.15) is 44.1 Å². The van der Waals surface area contributed by atoms with Gasteiger partial charge in [0.05, 0.1) is 16.2 Å². The molecule has 154 valence electrons. The quantitative estimate of drug-likeness (QED) is 0.785. The van der Waals surface area contributed by atoms with E-state index < -0.39 is 5.60 Å². The molecule has 1 aromatic heterocycles. The van der Waals surface area contributed by atoms with Gasteiger partial charge in [0, 0.05) is 25.3 Å². The van der Waals surface area contributed by atoms with Crippen LogP contribution in [-0.2, 0) is 4.74 Å². The zero-order chi connectivity index (χ0) is 20.2. The number of nitrogens with zero attached hydrogens (tertiary/aromatic N) is 3. The van der Waals surface area contributed by atoms with Gasteiger partial charge in [-0.05, 0) is 62.3 Å². The number of pyridine rings is 1. The van der Waals surface area contributed by atoms with Crippen LogP contribution in [0.5, 0.6) is 0 Å². The number of halogens is 1. The zero-order valence-electron chi connectivity index (χ0n) is 16.2. The minimum Gasteiger partial charge on any atom is -0.446 e. The van der Waals surface area contributed by atoms with E-state index in [2.05, 4.69) is 16.4 Å². The van der Waals surface area contributed by atoms with Gasteiger partial charge in [0.2, 0.25) is 0 Å². The van der Waals surface area contributed by atoms with E-state index in [0.717, 1.165) is 38.5 Å². The first kappa shape index (κ1) is 19.0. The predicted molar refractivity (Wildman–Crippen MR) is 106 cm³/mol. The Bertz CT molecular complexity index is 856. The summed E-state index contributed by atoms with van der Waals surface area (Å²) in [6.45, 7) is 1.13. The molecule has 4 bridgehead atoms. The summed E-state index contributed by atoms with van der Waals surface area (Å²) in [5.41, 5.74) is -0.128. The Kier molecular flexibility index (Phi) is 4.60. The molecule has 1 amide bonds. The number of hydrogen-bond acceptors (Lipinski definition) is 6. The minimum absolute atomic E-state index is 0.0162. The molecule has 2 N–H and O–H groups in total. The third kappa shape index (κ3) is 3.53. The van der Waals surface area contributed by atoms with Crippen LogP contribution in [0.2, 0.25) is 5.02 Å². The first-order valence-corrected chi connectivity index (χ1v) is 10.8. The van der Waals surface area contributed by atoms with Crippen molar-refractivity contribution < 1.29 is 14.6 Å². The fourth-order valence-electron chi connectivity index (χ4n) is 6.19. The highest BCUT2D eigenvalue weighted by atomic mass is 35.5. The minimum atomic E-state index is -0.522. The van der Waals surface area contributed by atoms with Crippen molar-refractivity contribution in [3.63, 3.8) is 0 Å². The molecule has 0 aromatic carbocycles. The lowest BCUT2D eigenvalue weighted by molar-refractivity contribution is -0.177. The van der Waals surface area contributed by atoms with Gasteiger partial charge in [-0.3, -0.25) is 0 Å². The van der Waals surface area contributed by atoms with Gasteiger partial charge >= 0.3 is 6.09 Å². The largest absolute Gasteiger partial charge is 0.446 e. The smallest absolute Gasteiger partial charge is 0.410 e. The molecule has 4 unspecified atom stereocenters. The first-order valence-electron chi connectivity index (χ1n) is 10.4. The molecule has 4 aliphatic carbocycles. The number of aliphatic hydroxyl groups is 1. The molecular weight excluding hydrogens is 392 g/mol. The van der Waals surface area contributed by atoms with Gasteiger partial charge in [-0.1, -0.05) is 11.6 Å². The molecular formula is C21H25ClN4O3. The Morgan fingerprint density at radius 3 is 2.83 bits per heavy atom. The molecule has 1 aromatic rings. The number of anilines is 1. The molecule has 29 heavy (non-hydrogen) atoms. The maximum absolute atomic E-state index is 12.8. The number of ether oxygens (including phenoxy) is 1. The molecule has 7 nitrogen and oxygen atoms in total. The van der Waals surface area contributed by atoms with Crippen LogP contribution in [0.4, 0.5) is 10.6 Å². The number of rotatable bonds is 3. The van der Waals surface area contributed by atoms with Crippen LogP contribution in [0.25, 0.3) is 0 Å². The van der Waals surface area contributed by atoms with Crippen molar-refractivity contribution in [2.45, 2.75) is 56.3 Å². The predicted octanol–water partition coefficient (Wildman–Crippen LogP) is 3.17. The summed E-state index contributed by atoms with van der Waals surface area (Å²) < 4.78 is 5.98. The summed E-state index contributed by atoms with van der Waals surface area (Å²) in [5.74, 6) is 1.67. The van der Waals surface area contributed by atoms with E-state index in [-0.39, 0.29) is 18.2 Å². The number of amides is 1. The van der Waals surface area contributed by atoms with E-state index in [1.54, 1.807) is 11.0 Å². The number of carbonyl (C=O) groups is 1. The van der Waals surface area contributed by atoms with Crippen molar-refractivity contribution in [2.75, 3.05) is 18.4 Å². The molecule has 8 heteroatoms. The third-order valence-electron chi connectivity index (χ3n) is 7.15. The van der Waals surface area contributed by atoms with Crippen molar-refractivity contribution in [3.05, 3.63) is 22.8 Å². The molecule has 2 heterocycles. The monoisotopic (exact) mass is 416 g/mol. The van der Waals surface area contributed by atoms with Crippen LogP contribution in [0, 0.1) is 29.1 Å². The van der Waals surface area contributed by atoms with Crippen molar-refractivity contribution in [3.8, 4) is 6.07 Å². The highest BCUT2D eigenvalue weighted by Gasteiger charge is 2.56. The van der Waals surface area contributed by atoms with Crippen molar-refractivity contribution in [1.29, 1.82) is 5.26 Å². The van der Waals surface area contributed by atoms with Crippen LogP contribution >= 0.6 is 11.6 Å². The molecule has 5 fully saturated rings. The topological polar surface area (TPSA) is 98.5 Å². The lowest BCUT2D eigenvalue weighted by Gasteiger charge is -2.57. The van der Waals surface area contributed by atoms with Gasteiger partial charge in [-0.2, -0.15) is 5.26 Å². The second-order valence-electron chi connectivity index (χ2n) is 9.28. The van der Waals surface area contributed by atoms with E-state index >= 15 is 0 Å². The van der Waals surface area contributed by atoms with Crippen LogP contribution < -0.4 is 5.32 Å².